The Labute approximate surface area is 94.3 Å². The van der Waals surface area contributed by atoms with Crippen LogP contribution in [0.1, 0.15) is 59.3 Å². The van der Waals surface area contributed by atoms with E-state index < -0.39 is 0 Å². The summed E-state index contributed by atoms with van der Waals surface area (Å²) in [6.45, 7) is 8.24. The zero-order valence-corrected chi connectivity index (χ0v) is 10.6. The van der Waals surface area contributed by atoms with Crippen molar-refractivity contribution < 1.29 is 9.47 Å². The van der Waals surface area contributed by atoms with Gasteiger partial charge in [-0.2, -0.15) is 0 Å². The maximum absolute atomic E-state index is 6.09. The van der Waals surface area contributed by atoms with Crippen LogP contribution in [-0.2, 0) is 9.47 Å². The van der Waals surface area contributed by atoms with Gasteiger partial charge in [-0.1, -0.05) is 40.0 Å². The molecule has 0 bridgehead atoms. The van der Waals surface area contributed by atoms with E-state index in [2.05, 4.69) is 20.8 Å². The summed E-state index contributed by atoms with van der Waals surface area (Å²) in [5.74, 6) is 0. The Morgan fingerprint density at radius 3 is 2.13 bits per heavy atom. The molecule has 0 N–H and O–H groups in total. The first-order valence-corrected chi connectivity index (χ1v) is 6.52. The zero-order chi connectivity index (χ0) is 11.1. The minimum Gasteiger partial charge on any atom is -0.373 e. The SMILES string of the molecule is CCCC1COC(CCC)(CCC)CO1. The molecule has 0 amide bonds. The monoisotopic (exact) mass is 214 g/mol. The maximum Gasteiger partial charge on any atom is 0.0916 e. The lowest BCUT2D eigenvalue weighted by Crippen LogP contribution is -2.46. The van der Waals surface area contributed by atoms with Gasteiger partial charge < -0.3 is 9.47 Å². The Morgan fingerprint density at radius 1 is 1.07 bits per heavy atom. The Morgan fingerprint density at radius 2 is 1.73 bits per heavy atom. The van der Waals surface area contributed by atoms with E-state index in [1.807, 2.05) is 0 Å². The summed E-state index contributed by atoms with van der Waals surface area (Å²) in [6, 6.07) is 0. The van der Waals surface area contributed by atoms with E-state index in [-0.39, 0.29) is 5.60 Å². The number of rotatable bonds is 6. The zero-order valence-electron chi connectivity index (χ0n) is 10.6. The molecule has 1 aliphatic rings. The molecule has 0 aromatic carbocycles. The molecule has 90 valence electrons. The first-order valence-electron chi connectivity index (χ1n) is 6.52. The third kappa shape index (κ3) is 3.76. The van der Waals surface area contributed by atoms with Crippen molar-refractivity contribution in [2.24, 2.45) is 0 Å². The van der Waals surface area contributed by atoms with Gasteiger partial charge >= 0.3 is 0 Å². The molecule has 1 atom stereocenters. The van der Waals surface area contributed by atoms with E-state index in [1.54, 1.807) is 0 Å². The quantitative estimate of drug-likeness (QED) is 0.673. The predicted molar refractivity (Wildman–Crippen MR) is 63.1 cm³/mol. The van der Waals surface area contributed by atoms with Crippen molar-refractivity contribution in [3.05, 3.63) is 0 Å². The van der Waals surface area contributed by atoms with Crippen LogP contribution >= 0.6 is 0 Å². The summed E-state index contributed by atoms with van der Waals surface area (Å²) in [5, 5.41) is 0. The van der Waals surface area contributed by atoms with Crippen LogP contribution in [0.3, 0.4) is 0 Å². The van der Waals surface area contributed by atoms with Crippen molar-refractivity contribution >= 4 is 0 Å². The standard InChI is InChI=1S/C13H26O2/c1-4-7-12-10-15-13(8-5-2,9-6-3)11-14-12/h12H,4-11H2,1-3H3. The summed E-state index contributed by atoms with van der Waals surface area (Å²) in [6.07, 6.45) is 7.30. The lowest BCUT2D eigenvalue weighted by atomic mass is 9.92. The largest absolute Gasteiger partial charge is 0.373 e. The molecule has 1 fully saturated rings. The second-order valence-electron chi connectivity index (χ2n) is 4.72. The summed E-state index contributed by atoms with van der Waals surface area (Å²) < 4.78 is 12.0. The van der Waals surface area contributed by atoms with Gasteiger partial charge in [-0.15, -0.1) is 0 Å². The lowest BCUT2D eigenvalue weighted by molar-refractivity contribution is -0.197. The van der Waals surface area contributed by atoms with Crippen LogP contribution in [-0.4, -0.2) is 24.9 Å². The first kappa shape index (κ1) is 13.0. The van der Waals surface area contributed by atoms with Crippen LogP contribution in [0.4, 0.5) is 0 Å². The van der Waals surface area contributed by atoms with Crippen LogP contribution in [0.25, 0.3) is 0 Å². The fraction of sp³-hybridized carbons (Fsp3) is 1.00. The van der Waals surface area contributed by atoms with Gasteiger partial charge in [-0.25, -0.2) is 0 Å². The summed E-state index contributed by atoms with van der Waals surface area (Å²) >= 11 is 0. The van der Waals surface area contributed by atoms with Crippen molar-refractivity contribution in [2.75, 3.05) is 13.2 Å². The molecule has 1 aliphatic heterocycles. The average molecular weight is 214 g/mol. The molecule has 15 heavy (non-hydrogen) atoms. The van der Waals surface area contributed by atoms with Crippen molar-refractivity contribution in [1.82, 2.24) is 0 Å². The molecular weight excluding hydrogens is 188 g/mol. The van der Waals surface area contributed by atoms with Crippen LogP contribution in [0.15, 0.2) is 0 Å². The highest BCUT2D eigenvalue weighted by Gasteiger charge is 2.35. The molecule has 0 radical (unpaired) electrons. The molecule has 0 aromatic heterocycles. The molecule has 1 unspecified atom stereocenters. The molecule has 2 nitrogen and oxygen atoms in total. The van der Waals surface area contributed by atoms with Crippen molar-refractivity contribution in [3.8, 4) is 0 Å². The topological polar surface area (TPSA) is 18.5 Å². The van der Waals surface area contributed by atoms with E-state index in [0.717, 1.165) is 32.5 Å². The minimum absolute atomic E-state index is 0.0355. The normalized spacial score (nSPS) is 25.4. The van der Waals surface area contributed by atoms with Crippen LogP contribution in [0.5, 0.6) is 0 Å². The third-order valence-electron chi connectivity index (χ3n) is 3.18. The second kappa shape index (κ2) is 6.49. The van der Waals surface area contributed by atoms with Crippen LogP contribution in [0.2, 0.25) is 0 Å². The van der Waals surface area contributed by atoms with E-state index in [4.69, 9.17) is 9.47 Å². The van der Waals surface area contributed by atoms with Gasteiger partial charge in [0.05, 0.1) is 24.9 Å². The number of ether oxygens (including phenoxy) is 2. The van der Waals surface area contributed by atoms with Gasteiger partial charge in [0.2, 0.25) is 0 Å². The molecule has 0 saturated carbocycles. The average Bonchev–Trinajstić information content (AvgIpc) is 2.23. The summed E-state index contributed by atoms with van der Waals surface area (Å²) in [7, 11) is 0. The summed E-state index contributed by atoms with van der Waals surface area (Å²) in [4.78, 5) is 0. The van der Waals surface area contributed by atoms with Gasteiger partial charge in [0, 0.05) is 0 Å². The van der Waals surface area contributed by atoms with Gasteiger partial charge in [-0.05, 0) is 19.3 Å². The Bertz CT molecular complexity index is 152. The Hall–Kier alpha value is -0.0800. The Kier molecular flexibility index (Phi) is 5.62. The first-order chi connectivity index (χ1) is 7.26. The molecule has 0 aromatic rings. The summed E-state index contributed by atoms with van der Waals surface area (Å²) in [5.41, 5.74) is 0.0355. The molecule has 2 heteroatoms. The third-order valence-corrected chi connectivity index (χ3v) is 3.18. The highest BCUT2D eigenvalue weighted by Crippen LogP contribution is 2.29. The lowest BCUT2D eigenvalue weighted by Gasteiger charge is -2.40. The van der Waals surface area contributed by atoms with Gasteiger partial charge in [-0.3, -0.25) is 0 Å². The smallest absolute Gasteiger partial charge is 0.0916 e. The fourth-order valence-electron chi connectivity index (χ4n) is 2.44. The predicted octanol–water partition coefficient (Wildman–Crippen LogP) is 3.54. The van der Waals surface area contributed by atoms with Gasteiger partial charge in [0.25, 0.3) is 0 Å². The van der Waals surface area contributed by atoms with Crippen LogP contribution < -0.4 is 0 Å². The maximum atomic E-state index is 6.09. The molecule has 0 spiro atoms. The van der Waals surface area contributed by atoms with Gasteiger partial charge in [0.15, 0.2) is 0 Å². The van der Waals surface area contributed by atoms with E-state index in [1.165, 1.54) is 19.3 Å². The molecule has 1 heterocycles. The van der Waals surface area contributed by atoms with Crippen molar-refractivity contribution in [1.29, 1.82) is 0 Å². The van der Waals surface area contributed by atoms with Gasteiger partial charge in [0.1, 0.15) is 0 Å². The highest BCUT2D eigenvalue weighted by atomic mass is 16.6. The molecular formula is C13H26O2. The van der Waals surface area contributed by atoms with Crippen molar-refractivity contribution in [3.63, 3.8) is 0 Å². The number of hydrogen-bond donors (Lipinski definition) is 0. The van der Waals surface area contributed by atoms with Crippen molar-refractivity contribution in [2.45, 2.75) is 71.0 Å². The van der Waals surface area contributed by atoms with E-state index in [0.29, 0.717) is 6.10 Å². The Balaban J connectivity index is 2.41. The molecule has 1 rings (SSSR count). The number of hydrogen-bond acceptors (Lipinski definition) is 2. The highest BCUT2D eigenvalue weighted by molar-refractivity contribution is 4.84. The van der Waals surface area contributed by atoms with E-state index in [9.17, 15) is 0 Å². The molecule has 0 aliphatic carbocycles. The van der Waals surface area contributed by atoms with E-state index >= 15 is 0 Å². The molecule has 1 saturated heterocycles. The second-order valence-corrected chi connectivity index (χ2v) is 4.72. The minimum atomic E-state index is 0.0355. The van der Waals surface area contributed by atoms with Crippen LogP contribution in [0, 0.1) is 0 Å². The fourth-order valence-corrected chi connectivity index (χ4v) is 2.44.